The normalized spacial score (nSPS) is 12.0. The molecule has 1 unspecified atom stereocenters. The van der Waals surface area contributed by atoms with E-state index in [0.717, 1.165) is 21.2 Å². The molecule has 0 aliphatic carbocycles. The third kappa shape index (κ3) is 3.69. The Kier molecular flexibility index (Phi) is 4.81. The predicted molar refractivity (Wildman–Crippen MR) is 98.1 cm³/mol. The molecule has 3 aromatic rings. The van der Waals surface area contributed by atoms with Gasteiger partial charge in [-0.2, -0.15) is 0 Å². The SMILES string of the molecule is Cc1ccc(F)c(NC(=O)C(=O)NC(C)c2csc3ccccc23)c1. The van der Waals surface area contributed by atoms with Gasteiger partial charge in [-0.1, -0.05) is 24.3 Å². The zero-order valence-corrected chi connectivity index (χ0v) is 14.6. The number of benzene rings is 2. The molecular formula is C19H17FN2O2S. The molecular weight excluding hydrogens is 339 g/mol. The van der Waals surface area contributed by atoms with E-state index >= 15 is 0 Å². The summed E-state index contributed by atoms with van der Waals surface area (Å²) in [6.07, 6.45) is 0. The van der Waals surface area contributed by atoms with Crippen molar-refractivity contribution in [3.05, 3.63) is 64.8 Å². The first-order valence-electron chi connectivity index (χ1n) is 7.80. The molecule has 0 aliphatic rings. The van der Waals surface area contributed by atoms with Crippen molar-refractivity contribution < 1.29 is 14.0 Å². The van der Waals surface area contributed by atoms with Gasteiger partial charge < -0.3 is 10.6 Å². The first-order chi connectivity index (χ1) is 12.0. The summed E-state index contributed by atoms with van der Waals surface area (Å²) in [5.41, 5.74) is 1.73. The molecule has 0 saturated carbocycles. The van der Waals surface area contributed by atoms with Gasteiger partial charge in [0.05, 0.1) is 11.7 Å². The van der Waals surface area contributed by atoms with Gasteiger partial charge in [-0.3, -0.25) is 9.59 Å². The second-order valence-electron chi connectivity index (χ2n) is 5.82. The van der Waals surface area contributed by atoms with Crippen LogP contribution in [0, 0.1) is 12.7 Å². The van der Waals surface area contributed by atoms with E-state index in [1.54, 1.807) is 24.3 Å². The molecule has 2 amide bonds. The number of aryl methyl sites for hydroxylation is 1. The van der Waals surface area contributed by atoms with Gasteiger partial charge >= 0.3 is 11.8 Å². The monoisotopic (exact) mass is 356 g/mol. The Labute approximate surface area is 148 Å². The summed E-state index contributed by atoms with van der Waals surface area (Å²) in [5.74, 6) is -2.27. The van der Waals surface area contributed by atoms with Crippen LogP contribution >= 0.6 is 11.3 Å². The van der Waals surface area contributed by atoms with Crippen LogP contribution in [0.5, 0.6) is 0 Å². The molecule has 0 fully saturated rings. The van der Waals surface area contributed by atoms with E-state index in [2.05, 4.69) is 10.6 Å². The second-order valence-corrected chi connectivity index (χ2v) is 6.73. The van der Waals surface area contributed by atoms with Crippen molar-refractivity contribution in [2.75, 3.05) is 5.32 Å². The number of fused-ring (bicyclic) bond motifs is 1. The van der Waals surface area contributed by atoms with Gasteiger partial charge in [-0.15, -0.1) is 11.3 Å². The Hall–Kier alpha value is -2.73. The average molecular weight is 356 g/mol. The molecule has 3 rings (SSSR count). The number of amides is 2. The number of thiophene rings is 1. The number of halogens is 1. The van der Waals surface area contributed by atoms with Crippen molar-refractivity contribution in [3.63, 3.8) is 0 Å². The number of rotatable bonds is 3. The highest BCUT2D eigenvalue weighted by Gasteiger charge is 2.20. The summed E-state index contributed by atoms with van der Waals surface area (Å²) < 4.78 is 14.8. The Balaban J connectivity index is 1.71. The Morgan fingerprint density at radius 2 is 1.88 bits per heavy atom. The fourth-order valence-corrected chi connectivity index (χ4v) is 3.64. The lowest BCUT2D eigenvalue weighted by Crippen LogP contribution is -2.37. The average Bonchev–Trinajstić information content (AvgIpc) is 3.02. The zero-order chi connectivity index (χ0) is 18.0. The highest BCUT2D eigenvalue weighted by molar-refractivity contribution is 7.17. The largest absolute Gasteiger partial charge is 0.341 e. The molecule has 0 spiro atoms. The lowest BCUT2D eigenvalue weighted by atomic mass is 10.1. The molecule has 0 bridgehead atoms. The zero-order valence-electron chi connectivity index (χ0n) is 13.8. The number of anilines is 1. The van der Waals surface area contributed by atoms with Gasteiger partial charge in [-0.25, -0.2) is 4.39 Å². The van der Waals surface area contributed by atoms with Gasteiger partial charge in [0.25, 0.3) is 0 Å². The summed E-state index contributed by atoms with van der Waals surface area (Å²) in [4.78, 5) is 24.2. The lowest BCUT2D eigenvalue weighted by Gasteiger charge is -2.14. The van der Waals surface area contributed by atoms with Crippen LogP contribution < -0.4 is 10.6 Å². The topological polar surface area (TPSA) is 58.2 Å². The minimum atomic E-state index is -0.893. The van der Waals surface area contributed by atoms with Gasteiger partial charge in [-0.05, 0) is 53.9 Å². The molecule has 4 nitrogen and oxygen atoms in total. The van der Waals surface area contributed by atoms with Crippen molar-refractivity contribution >= 4 is 38.9 Å². The quantitative estimate of drug-likeness (QED) is 0.692. The van der Waals surface area contributed by atoms with E-state index < -0.39 is 17.6 Å². The maximum absolute atomic E-state index is 13.7. The van der Waals surface area contributed by atoms with Crippen molar-refractivity contribution in [1.82, 2.24) is 5.32 Å². The van der Waals surface area contributed by atoms with Crippen LogP contribution in [0.4, 0.5) is 10.1 Å². The molecule has 25 heavy (non-hydrogen) atoms. The van der Waals surface area contributed by atoms with E-state index in [9.17, 15) is 14.0 Å². The van der Waals surface area contributed by atoms with Crippen molar-refractivity contribution in [1.29, 1.82) is 0 Å². The number of carbonyl (C=O) groups excluding carboxylic acids is 2. The first kappa shape index (κ1) is 17.1. The molecule has 0 aliphatic heterocycles. The van der Waals surface area contributed by atoms with E-state index in [4.69, 9.17) is 0 Å². The summed E-state index contributed by atoms with van der Waals surface area (Å²) in [6.45, 7) is 3.59. The van der Waals surface area contributed by atoms with Gasteiger partial charge in [0, 0.05) is 4.70 Å². The summed E-state index contributed by atoms with van der Waals surface area (Å²) in [5, 5.41) is 7.99. The Morgan fingerprint density at radius 1 is 1.12 bits per heavy atom. The second kappa shape index (κ2) is 7.03. The molecule has 2 aromatic carbocycles. The fraction of sp³-hybridized carbons (Fsp3) is 0.158. The molecule has 128 valence electrons. The highest BCUT2D eigenvalue weighted by Crippen LogP contribution is 2.30. The van der Waals surface area contributed by atoms with Crippen LogP contribution in [0.3, 0.4) is 0 Å². The Morgan fingerprint density at radius 3 is 2.68 bits per heavy atom. The first-order valence-corrected chi connectivity index (χ1v) is 8.68. The minimum absolute atomic E-state index is 0.00575. The minimum Gasteiger partial charge on any atom is -0.341 e. The highest BCUT2D eigenvalue weighted by atomic mass is 32.1. The van der Waals surface area contributed by atoms with Gasteiger partial charge in [0.15, 0.2) is 0 Å². The number of nitrogens with one attached hydrogen (secondary N) is 2. The van der Waals surface area contributed by atoms with Crippen LogP contribution in [0.1, 0.15) is 24.1 Å². The molecule has 1 heterocycles. The molecule has 0 radical (unpaired) electrons. The van der Waals surface area contributed by atoms with Crippen LogP contribution in [0.25, 0.3) is 10.1 Å². The van der Waals surface area contributed by atoms with Crippen LogP contribution in [0.15, 0.2) is 47.8 Å². The maximum Gasteiger partial charge on any atom is 0.313 e. The third-order valence-corrected chi connectivity index (χ3v) is 4.88. The molecule has 2 N–H and O–H groups in total. The number of hydrogen-bond acceptors (Lipinski definition) is 3. The van der Waals surface area contributed by atoms with Crippen LogP contribution in [-0.4, -0.2) is 11.8 Å². The van der Waals surface area contributed by atoms with E-state index in [1.807, 2.05) is 36.6 Å². The van der Waals surface area contributed by atoms with Crippen LogP contribution in [-0.2, 0) is 9.59 Å². The van der Waals surface area contributed by atoms with E-state index in [0.29, 0.717) is 0 Å². The third-order valence-electron chi connectivity index (χ3n) is 3.90. The molecule has 0 saturated heterocycles. The molecule has 1 atom stereocenters. The molecule has 6 heteroatoms. The lowest BCUT2D eigenvalue weighted by molar-refractivity contribution is -0.136. The number of carbonyl (C=O) groups is 2. The van der Waals surface area contributed by atoms with Crippen LogP contribution in [0.2, 0.25) is 0 Å². The van der Waals surface area contributed by atoms with Gasteiger partial charge in [0.1, 0.15) is 5.82 Å². The summed E-state index contributed by atoms with van der Waals surface area (Å²) in [7, 11) is 0. The Bertz CT molecular complexity index is 952. The number of hydrogen-bond donors (Lipinski definition) is 2. The molecule has 1 aromatic heterocycles. The van der Waals surface area contributed by atoms with E-state index in [1.165, 1.54) is 12.1 Å². The fourth-order valence-electron chi connectivity index (χ4n) is 2.59. The van der Waals surface area contributed by atoms with Crippen molar-refractivity contribution in [3.8, 4) is 0 Å². The standard InChI is InChI=1S/C19H17FN2O2S/c1-11-7-8-15(20)16(9-11)22-19(24)18(23)21-12(2)14-10-25-17-6-4-3-5-13(14)17/h3-10,12H,1-2H3,(H,21,23)(H,22,24). The summed E-state index contributed by atoms with van der Waals surface area (Å²) in [6, 6.07) is 11.9. The van der Waals surface area contributed by atoms with Crippen molar-refractivity contribution in [2.45, 2.75) is 19.9 Å². The maximum atomic E-state index is 13.7. The summed E-state index contributed by atoms with van der Waals surface area (Å²) >= 11 is 1.58. The van der Waals surface area contributed by atoms with Crippen molar-refractivity contribution in [2.24, 2.45) is 0 Å². The van der Waals surface area contributed by atoms with Gasteiger partial charge in [0.2, 0.25) is 0 Å². The smallest absolute Gasteiger partial charge is 0.313 e. The predicted octanol–water partition coefficient (Wildman–Crippen LogP) is 4.16. The van der Waals surface area contributed by atoms with E-state index in [-0.39, 0.29) is 11.7 Å².